The van der Waals surface area contributed by atoms with E-state index < -0.39 is 0 Å². The second kappa shape index (κ2) is 4.72. The van der Waals surface area contributed by atoms with Gasteiger partial charge < -0.3 is 10.5 Å². The number of ether oxygens (including phenoxy) is 1. The molecule has 0 aliphatic rings. The monoisotopic (exact) mass is 230 g/mol. The number of nitrogens with zero attached hydrogens (tertiary/aromatic N) is 1. The molecular weight excluding hydrogens is 212 g/mol. The molecule has 0 aliphatic heterocycles. The van der Waals surface area contributed by atoms with Crippen molar-refractivity contribution in [3.8, 4) is 5.75 Å². The molecule has 1 aromatic carbocycles. The molecule has 0 fully saturated rings. The molecule has 0 bridgehead atoms. The van der Waals surface area contributed by atoms with Gasteiger partial charge in [0, 0.05) is 11.4 Å². The molecule has 1 aromatic heterocycles. The zero-order valence-corrected chi connectivity index (χ0v) is 10.5. The van der Waals surface area contributed by atoms with Crippen LogP contribution >= 0.6 is 0 Å². The van der Waals surface area contributed by atoms with Gasteiger partial charge in [-0.25, -0.2) is 0 Å². The van der Waals surface area contributed by atoms with Gasteiger partial charge in [-0.15, -0.1) is 0 Å². The maximum atomic E-state index is 5.86. The molecule has 3 nitrogen and oxygen atoms in total. The molecule has 0 saturated heterocycles. The Kier molecular flexibility index (Phi) is 3.29. The van der Waals surface area contributed by atoms with Crippen LogP contribution in [-0.4, -0.2) is 11.6 Å². The van der Waals surface area contributed by atoms with Gasteiger partial charge in [0.2, 0.25) is 0 Å². The van der Waals surface area contributed by atoms with Gasteiger partial charge in [0.05, 0.1) is 17.8 Å². The van der Waals surface area contributed by atoms with Crippen LogP contribution in [0.4, 0.5) is 0 Å². The smallest absolute Gasteiger partial charge is 0.120 e. The van der Waals surface area contributed by atoms with Crippen LogP contribution in [0.25, 0.3) is 10.9 Å². The molecule has 0 saturated carbocycles. The van der Waals surface area contributed by atoms with Gasteiger partial charge in [-0.1, -0.05) is 0 Å². The summed E-state index contributed by atoms with van der Waals surface area (Å²) in [5, 5.41) is 1.13. The van der Waals surface area contributed by atoms with E-state index in [1.165, 1.54) is 5.56 Å². The van der Waals surface area contributed by atoms with Crippen molar-refractivity contribution in [2.75, 3.05) is 6.61 Å². The first-order valence-corrected chi connectivity index (χ1v) is 5.91. The fourth-order valence-electron chi connectivity index (χ4n) is 1.89. The van der Waals surface area contributed by atoms with Crippen LogP contribution in [0.15, 0.2) is 24.3 Å². The van der Waals surface area contributed by atoms with E-state index in [1.54, 1.807) is 0 Å². The fraction of sp³-hybridized carbons (Fsp3) is 0.357. The van der Waals surface area contributed by atoms with Gasteiger partial charge in [-0.3, -0.25) is 4.98 Å². The lowest BCUT2D eigenvalue weighted by atomic mass is 10.1. The van der Waals surface area contributed by atoms with E-state index in [2.05, 4.69) is 11.9 Å². The van der Waals surface area contributed by atoms with Gasteiger partial charge in [-0.05, 0) is 50.6 Å². The Bertz CT molecular complexity index is 535. The van der Waals surface area contributed by atoms with Crippen LogP contribution in [0.2, 0.25) is 0 Å². The summed E-state index contributed by atoms with van der Waals surface area (Å²) < 4.78 is 5.49. The van der Waals surface area contributed by atoms with Gasteiger partial charge in [0.15, 0.2) is 0 Å². The van der Waals surface area contributed by atoms with Gasteiger partial charge in [0.1, 0.15) is 5.75 Å². The third-order valence-electron chi connectivity index (χ3n) is 2.78. The number of fused-ring (bicyclic) bond motifs is 1. The van der Waals surface area contributed by atoms with E-state index in [0.29, 0.717) is 6.61 Å². The fourth-order valence-corrected chi connectivity index (χ4v) is 1.89. The van der Waals surface area contributed by atoms with E-state index in [-0.39, 0.29) is 6.04 Å². The average Bonchev–Trinajstić information content (AvgIpc) is 2.30. The molecule has 1 unspecified atom stereocenters. The summed E-state index contributed by atoms with van der Waals surface area (Å²) in [4.78, 5) is 4.56. The summed E-state index contributed by atoms with van der Waals surface area (Å²) >= 11 is 0. The number of aryl methyl sites for hydroxylation is 1. The summed E-state index contributed by atoms with van der Waals surface area (Å²) in [6.07, 6.45) is 0. The Labute approximate surface area is 102 Å². The number of nitrogens with two attached hydrogens (primary N) is 1. The van der Waals surface area contributed by atoms with Crippen LogP contribution in [0.1, 0.15) is 31.1 Å². The van der Waals surface area contributed by atoms with E-state index >= 15 is 0 Å². The van der Waals surface area contributed by atoms with Crippen LogP contribution in [0.3, 0.4) is 0 Å². The number of hydrogen-bond donors (Lipinski definition) is 1. The minimum absolute atomic E-state index is 0.0373. The highest BCUT2D eigenvalue weighted by Crippen LogP contribution is 2.24. The quantitative estimate of drug-likeness (QED) is 0.881. The highest BCUT2D eigenvalue weighted by atomic mass is 16.5. The molecule has 0 radical (unpaired) electrons. The minimum atomic E-state index is -0.0373. The Morgan fingerprint density at radius 1 is 1.35 bits per heavy atom. The molecule has 0 aliphatic carbocycles. The topological polar surface area (TPSA) is 48.1 Å². The lowest BCUT2D eigenvalue weighted by Gasteiger charge is -2.10. The summed E-state index contributed by atoms with van der Waals surface area (Å²) in [5.41, 5.74) is 8.95. The van der Waals surface area contributed by atoms with Crippen molar-refractivity contribution in [1.82, 2.24) is 4.98 Å². The van der Waals surface area contributed by atoms with E-state index in [0.717, 1.165) is 22.3 Å². The summed E-state index contributed by atoms with van der Waals surface area (Å²) in [6, 6.07) is 7.97. The first-order chi connectivity index (χ1) is 8.11. The maximum Gasteiger partial charge on any atom is 0.120 e. The second-order valence-corrected chi connectivity index (χ2v) is 4.26. The maximum absolute atomic E-state index is 5.86. The van der Waals surface area contributed by atoms with Crippen molar-refractivity contribution in [3.05, 3.63) is 35.5 Å². The van der Waals surface area contributed by atoms with Crippen molar-refractivity contribution in [3.63, 3.8) is 0 Å². The Morgan fingerprint density at radius 3 is 2.76 bits per heavy atom. The molecule has 2 rings (SSSR count). The second-order valence-electron chi connectivity index (χ2n) is 4.26. The SMILES string of the molecule is CCOc1ccc2nc(C(C)N)cc(C)c2c1. The molecule has 0 spiro atoms. The lowest BCUT2D eigenvalue weighted by molar-refractivity contribution is 0.340. The molecule has 3 heteroatoms. The molecule has 17 heavy (non-hydrogen) atoms. The van der Waals surface area contributed by atoms with Crippen LogP contribution < -0.4 is 10.5 Å². The Balaban J connectivity index is 2.56. The Morgan fingerprint density at radius 2 is 2.12 bits per heavy atom. The normalized spacial score (nSPS) is 12.7. The van der Waals surface area contributed by atoms with Gasteiger partial charge in [-0.2, -0.15) is 0 Å². The van der Waals surface area contributed by atoms with Crippen molar-refractivity contribution in [1.29, 1.82) is 0 Å². The molecule has 1 atom stereocenters. The van der Waals surface area contributed by atoms with Crippen LogP contribution in [0.5, 0.6) is 5.75 Å². The lowest BCUT2D eigenvalue weighted by Crippen LogP contribution is -2.07. The first kappa shape index (κ1) is 11.9. The Hall–Kier alpha value is -1.61. The third-order valence-corrected chi connectivity index (χ3v) is 2.78. The zero-order chi connectivity index (χ0) is 12.4. The summed E-state index contributed by atoms with van der Waals surface area (Å²) in [6.45, 7) is 6.68. The van der Waals surface area contributed by atoms with Crippen molar-refractivity contribution in [2.45, 2.75) is 26.8 Å². The summed E-state index contributed by atoms with van der Waals surface area (Å²) in [5.74, 6) is 0.887. The van der Waals surface area contributed by atoms with E-state index in [4.69, 9.17) is 10.5 Å². The predicted molar refractivity (Wildman–Crippen MR) is 70.3 cm³/mol. The number of pyridine rings is 1. The average molecular weight is 230 g/mol. The van der Waals surface area contributed by atoms with E-state index in [9.17, 15) is 0 Å². The molecule has 2 aromatic rings. The first-order valence-electron chi connectivity index (χ1n) is 5.91. The molecule has 2 N–H and O–H groups in total. The molecule has 90 valence electrons. The highest BCUT2D eigenvalue weighted by Gasteiger charge is 2.07. The number of aromatic nitrogens is 1. The number of hydrogen-bond acceptors (Lipinski definition) is 3. The minimum Gasteiger partial charge on any atom is -0.494 e. The largest absolute Gasteiger partial charge is 0.494 e. The van der Waals surface area contributed by atoms with E-state index in [1.807, 2.05) is 38.1 Å². The third kappa shape index (κ3) is 2.39. The van der Waals surface area contributed by atoms with Crippen molar-refractivity contribution < 1.29 is 4.74 Å². The predicted octanol–water partition coefficient (Wildman–Crippen LogP) is 2.96. The van der Waals surface area contributed by atoms with Crippen LogP contribution in [0, 0.1) is 6.92 Å². The van der Waals surface area contributed by atoms with Crippen molar-refractivity contribution >= 4 is 10.9 Å². The number of benzene rings is 1. The zero-order valence-electron chi connectivity index (χ0n) is 10.5. The van der Waals surface area contributed by atoms with Crippen LogP contribution in [-0.2, 0) is 0 Å². The van der Waals surface area contributed by atoms with Gasteiger partial charge >= 0.3 is 0 Å². The standard InChI is InChI=1S/C14H18N2O/c1-4-17-11-5-6-13-12(8-11)9(2)7-14(16-13)10(3)15/h5-8,10H,4,15H2,1-3H3. The highest BCUT2D eigenvalue weighted by molar-refractivity contribution is 5.83. The molecule has 0 amide bonds. The number of rotatable bonds is 3. The summed E-state index contributed by atoms with van der Waals surface area (Å²) in [7, 11) is 0. The molecule has 1 heterocycles. The van der Waals surface area contributed by atoms with Gasteiger partial charge in [0.25, 0.3) is 0 Å². The van der Waals surface area contributed by atoms with Crippen molar-refractivity contribution in [2.24, 2.45) is 5.73 Å². The molecular formula is C14H18N2O.